The highest BCUT2D eigenvalue weighted by Crippen LogP contribution is 2.35. The van der Waals surface area contributed by atoms with Gasteiger partial charge < -0.3 is 20.3 Å². The van der Waals surface area contributed by atoms with Crippen molar-refractivity contribution in [3.8, 4) is 11.1 Å². The van der Waals surface area contributed by atoms with Crippen LogP contribution in [0, 0.1) is 5.41 Å². The maximum absolute atomic E-state index is 13.3. The largest absolute Gasteiger partial charge is 0.466 e. The minimum atomic E-state index is -0.500. The van der Waals surface area contributed by atoms with Gasteiger partial charge in [-0.15, -0.1) is 0 Å². The number of aliphatic imine (C=N–C) groups is 1. The zero-order chi connectivity index (χ0) is 29.0. The first-order chi connectivity index (χ1) is 19.8. The van der Waals surface area contributed by atoms with Crippen LogP contribution in [-0.2, 0) is 9.53 Å². The number of thioether (sulfide) groups is 1. The van der Waals surface area contributed by atoms with E-state index in [1.54, 1.807) is 18.5 Å². The highest BCUT2D eigenvalue weighted by atomic mass is 32.2. The second-order valence-corrected chi connectivity index (χ2v) is 12.0. The van der Waals surface area contributed by atoms with Crippen molar-refractivity contribution in [3.05, 3.63) is 30.1 Å². The summed E-state index contributed by atoms with van der Waals surface area (Å²) in [4.78, 5) is 58.0. The molecule has 0 saturated carbocycles. The Labute approximate surface area is 245 Å². The average molecular weight is 597 g/mol. The van der Waals surface area contributed by atoms with Gasteiger partial charge in [0, 0.05) is 43.3 Å². The molecule has 3 aromatic rings. The molecular formula is C27H32N8O4S2. The summed E-state index contributed by atoms with van der Waals surface area (Å²) in [5, 5.41) is 9.29. The van der Waals surface area contributed by atoms with Gasteiger partial charge in [0.2, 0.25) is 5.95 Å². The Morgan fingerprint density at radius 3 is 2.49 bits per heavy atom. The lowest BCUT2D eigenvalue weighted by molar-refractivity contribution is -0.155. The van der Waals surface area contributed by atoms with E-state index in [2.05, 4.69) is 40.8 Å². The maximum atomic E-state index is 13.3. The summed E-state index contributed by atoms with van der Waals surface area (Å²) < 4.78 is 5.91. The average Bonchev–Trinajstić information content (AvgIpc) is 3.62. The number of hydrogen-bond acceptors (Lipinski definition) is 11. The number of piperidine rings is 1. The van der Waals surface area contributed by atoms with Crippen molar-refractivity contribution < 1.29 is 19.1 Å². The van der Waals surface area contributed by atoms with Gasteiger partial charge in [-0.05, 0) is 51.3 Å². The number of fused-ring (bicyclic) bond motifs is 1. The monoisotopic (exact) mass is 596 g/mol. The molecule has 5 rings (SSSR count). The maximum Gasteiger partial charge on any atom is 0.321 e. The van der Waals surface area contributed by atoms with Gasteiger partial charge in [0.15, 0.2) is 10.3 Å². The molecule has 0 aliphatic carbocycles. The Balaban J connectivity index is 1.40. The van der Waals surface area contributed by atoms with Gasteiger partial charge in [0.05, 0.1) is 34.3 Å². The molecule has 0 radical (unpaired) electrons. The minimum absolute atomic E-state index is 0.156. The Hall–Kier alpha value is -3.78. The molecular weight excluding hydrogens is 564 g/mol. The summed E-state index contributed by atoms with van der Waals surface area (Å²) >= 11 is 2.73. The van der Waals surface area contributed by atoms with Gasteiger partial charge in [0.25, 0.3) is 5.91 Å². The molecule has 0 unspecified atom stereocenters. The summed E-state index contributed by atoms with van der Waals surface area (Å²) in [5.74, 6) is 0.955. The molecule has 0 atom stereocenters. The normalized spacial score (nSPS) is 16.3. The van der Waals surface area contributed by atoms with Gasteiger partial charge in [-0.2, -0.15) is 0 Å². The minimum Gasteiger partial charge on any atom is -0.466 e. The third-order valence-corrected chi connectivity index (χ3v) is 8.90. The van der Waals surface area contributed by atoms with Crippen molar-refractivity contribution >= 4 is 67.5 Å². The Bertz CT molecular complexity index is 1480. The molecule has 1 saturated heterocycles. The van der Waals surface area contributed by atoms with E-state index in [0.717, 1.165) is 16.9 Å². The number of thiazole rings is 1. The molecule has 41 heavy (non-hydrogen) atoms. The quantitative estimate of drug-likeness (QED) is 0.345. The molecule has 2 aromatic heterocycles. The highest BCUT2D eigenvalue weighted by molar-refractivity contribution is 8.14. The van der Waals surface area contributed by atoms with Crippen LogP contribution in [-0.4, -0.2) is 76.6 Å². The molecule has 12 nitrogen and oxygen atoms in total. The van der Waals surface area contributed by atoms with E-state index in [4.69, 9.17) is 4.74 Å². The number of esters is 1. The topological polar surface area (TPSA) is 151 Å². The Morgan fingerprint density at radius 1 is 1.07 bits per heavy atom. The number of benzene rings is 1. The van der Waals surface area contributed by atoms with E-state index in [9.17, 15) is 14.4 Å². The lowest BCUT2D eigenvalue weighted by Gasteiger charge is -2.37. The third-order valence-electron chi connectivity index (χ3n) is 6.99. The predicted molar refractivity (Wildman–Crippen MR) is 162 cm³/mol. The predicted octanol–water partition coefficient (Wildman–Crippen LogP) is 3.90. The fraction of sp³-hybridized carbons (Fsp3) is 0.444. The molecule has 0 bridgehead atoms. The fourth-order valence-corrected chi connectivity index (χ4v) is 6.32. The zero-order valence-electron chi connectivity index (χ0n) is 23.2. The summed E-state index contributed by atoms with van der Waals surface area (Å²) in [6.07, 6.45) is 4.77. The molecule has 3 amide bonds. The molecule has 4 heterocycles. The molecule has 3 N–H and O–H groups in total. The van der Waals surface area contributed by atoms with Gasteiger partial charge in [0.1, 0.15) is 0 Å². The highest BCUT2D eigenvalue weighted by Gasteiger charge is 2.38. The van der Waals surface area contributed by atoms with Crippen LogP contribution in [0.3, 0.4) is 0 Å². The van der Waals surface area contributed by atoms with Crippen molar-refractivity contribution in [3.63, 3.8) is 0 Å². The number of carbonyl (C=O) groups is 3. The lowest BCUT2D eigenvalue weighted by Crippen LogP contribution is -2.44. The first-order valence-electron chi connectivity index (χ1n) is 13.5. The smallest absolute Gasteiger partial charge is 0.321 e. The Morgan fingerprint density at radius 2 is 1.83 bits per heavy atom. The molecule has 1 aromatic carbocycles. The molecule has 2 aliphatic rings. The van der Waals surface area contributed by atoms with E-state index in [0.29, 0.717) is 77.7 Å². The van der Waals surface area contributed by atoms with Crippen LogP contribution in [0.4, 0.5) is 15.9 Å². The second-order valence-electron chi connectivity index (χ2n) is 9.90. The van der Waals surface area contributed by atoms with Crippen molar-refractivity contribution in [2.75, 3.05) is 48.8 Å². The Kier molecular flexibility index (Phi) is 8.68. The van der Waals surface area contributed by atoms with Crippen LogP contribution >= 0.6 is 23.1 Å². The number of hydrogen-bond donors (Lipinski definition) is 3. The number of rotatable bonds is 7. The van der Waals surface area contributed by atoms with Crippen LogP contribution < -0.4 is 20.9 Å². The molecule has 0 spiro atoms. The number of nitrogens with zero attached hydrogens (tertiary/aromatic N) is 5. The van der Waals surface area contributed by atoms with Crippen molar-refractivity contribution in [2.45, 2.75) is 33.6 Å². The zero-order valence-corrected chi connectivity index (χ0v) is 24.8. The van der Waals surface area contributed by atoms with Crippen LogP contribution in [0.5, 0.6) is 0 Å². The second kappa shape index (κ2) is 12.4. The number of anilines is 2. The molecule has 1 fully saturated rings. The SMILES string of the molecule is CCNC(=O)Nc1nc2cc(-c3cnc(N4CCC(C)(C(=O)OCC)CC4)nc3)cc(C(=O)NC3=NCCS3)c2s1. The van der Waals surface area contributed by atoms with Crippen LogP contribution in [0.2, 0.25) is 0 Å². The van der Waals surface area contributed by atoms with E-state index < -0.39 is 5.41 Å². The van der Waals surface area contributed by atoms with E-state index in [-0.39, 0.29) is 17.9 Å². The van der Waals surface area contributed by atoms with Gasteiger partial charge in [-0.1, -0.05) is 23.1 Å². The first-order valence-corrected chi connectivity index (χ1v) is 15.3. The number of carbonyl (C=O) groups excluding carboxylic acids is 3. The lowest BCUT2D eigenvalue weighted by atomic mass is 9.80. The number of amidine groups is 1. The van der Waals surface area contributed by atoms with E-state index in [1.807, 2.05) is 26.8 Å². The van der Waals surface area contributed by atoms with Crippen LogP contribution in [0.25, 0.3) is 21.3 Å². The fourth-order valence-electron chi connectivity index (χ4n) is 4.64. The number of nitrogens with one attached hydrogen (secondary N) is 3. The van der Waals surface area contributed by atoms with Crippen molar-refractivity contribution in [2.24, 2.45) is 10.4 Å². The number of aromatic nitrogens is 3. The summed E-state index contributed by atoms with van der Waals surface area (Å²) in [7, 11) is 0. The van der Waals surface area contributed by atoms with Crippen LogP contribution in [0.15, 0.2) is 29.5 Å². The van der Waals surface area contributed by atoms with Gasteiger partial charge in [-0.25, -0.2) is 19.7 Å². The summed E-state index contributed by atoms with van der Waals surface area (Å²) in [5.41, 5.74) is 1.94. The number of ether oxygens (including phenoxy) is 1. The van der Waals surface area contributed by atoms with E-state index in [1.165, 1.54) is 23.1 Å². The summed E-state index contributed by atoms with van der Waals surface area (Å²) in [6.45, 7) is 8.41. The van der Waals surface area contributed by atoms with Crippen LogP contribution in [0.1, 0.15) is 44.0 Å². The standard InChI is InChI=1S/C27H32N8O4S2/c1-4-28-24(38)34-26-32-19-13-16(12-18(20(19)41-26)21(36)33-25-29-8-11-40-25)17-14-30-23(31-15-17)35-9-6-27(3,7-10-35)22(37)39-5-2/h12-15H,4-11H2,1-3H3,(H,29,33,36)(H2,28,32,34,38). The third kappa shape index (κ3) is 6.43. The van der Waals surface area contributed by atoms with Gasteiger partial charge in [-0.3, -0.25) is 19.9 Å². The molecule has 2 aliphatic heterocycles. The summed E-state index contributed by atoms with van der Waals surface area (Å²) in [6, 6.07) is 3.28. The molecule has 14 heteroatoms. The molecule has 216 valence electrons. The van der Waals surface area contributed by atoms with Crippen molar-refractivity contribution in [1.82, 2.24) is 25.6 Å². The van der Waals surface area contributed by atoms with E-state index >= 15 is 0 Å². The number of urea groups is 1. The first kappa shape index (κ1) is 28.7. The van der Waals surface area contributed by atoms with Crippen molar-refractivity contribution in [1.29, 1.82) is 0 Å². The van der Waals surface area contributed by atoms with Gasteiger partial charge >= 0.3 is 12.0 Å². The number of amides is 3.